The summed E-state index contributed by atoms with van der Waals surface area (Å²) in [6.07, 6.45) is 1.72. The zero-order valence-corrected chi connectivity index (χ0v) is 14.7. The maximum absolute atomic E-state index is 12.4. The summed E-state index contributed by atoms with van der Waals surface area (Å²) < 4.78 is 10.8. The Morgan fingerprint density at radius 1 is 1.32 bits per heavy atom. The van der Waals surface area contributed by atoms with E-state index in [1.54, 1.807) is 37.4 Å². The number of ether oxygens (including phenoxy) is 2. The van der Waals surface area contributed by atoms with Gasteiger partial charge >= 0.3 is 0 Å². The molecule has 0 radical (unpaired) electrons. The van der Waals surface area contributed by atoms with Crippen LogP contribution in [0.15, 0.2) is 41.9 Å². The number of carbonyl (C=O) groups is 1. The Morgan fingerprint density at radius 3 is 2.92 bits per heavy atom. The second kappa shape index (κ2) is 7.80. The van der Waals surface area contributed by atoms with Crippen molar-refractivity contribution in [1.29, 1.82) is 0 Å². The Kier molecular flexibility index (Phi) is 5.30. The van der Waals surface area contributed by atoms with Crippen LogP contribution >= 0.6 is 11.3 Å². The molecule has 2 heterocycles. The summed E-state index contributed by atoms with van der Waals surface area (Å²) in [6.45, 7) is 0.739. The van der Waals surface area contributed by atoms with Crippen LogP contribution in [-0.2, 0) is 13.2 Å². The van der Waals surface area contributed by atoms with Crippen LogP contribution in [-0.4, -0.2) is 40.1 Å². The molecule has 7 nitrogen and oxygen atoms in total. The lowest BCUT2D eigenvalue weighted by molar-refractivity contribution is 0.0779. The van der Waals surface area contributed by atoms with Crippen molar-refractivity contribution in [2.24, 2.45) is 0 Å². The predicted octanol–water partition coefficient (Wildman–Crippen LogP) is 2.73. The van der Waals surface area contributed by atoms with E-state index in [4.69, 9.17) is 9.47 Å². The first kappa shape index (κ1) is 17.0. The highest BCUT2D eigenvalue weighted by Crippen LogP contribution is 2.20. The molecule has 1 N–H and O–H groups in total. The molecule has 0 unspecified atom stereocenters. The molecule has 0 aliphatic heterocycles. The van der Waals surface area contributed by atoms with E-state index in [2.05, 4.69) is 15.2 Å². The van der Waals surface area contributed by atoms with Crippen molar-refractivity contribution in [3.8, 4) is 11.5 Å². The topological polar surface area (TPSA) is 80.3 Å². The number of hydrogen-bond acceptors (Lipinski definition) is 6. The maximum atomic E-state index is 12.4. The molecule has 1 amide bonds. The fourth-order valence-corrected chi connectivity index (χ4v) is 2.87. The lowest BCUT2D eigenvalue weighted by Crippen LogP contribution is -2.26. The lowest BCUT2D eigenvalue weighted by atomic mass is 10.3. The van der Waals surface area contributed by atoms with Crippen LogP contribution in [0.25, 0.3) is 0 Å². The summed E-state index contributed by atoms with van der Waals surface area (Å²) in [5, 5.41) is 9.67. The molecule has 0 saturated carbocycles. The fourth-order valence-electron chi connectivity index (χ4n) is 2.20. The minimum absolute atomic E-state index is 0.168. The monoisotopic (exact) mass is 358 g/mol. The van der Waals surface area contributed by atoms with Crippen molar-refractivity contribution in [2.45, 2.75) is 13.2 Å². The van der Waals surface area contributed by atoms with Crippen molar-refractivity contribution in [3.63, 3.8) is 0 Å². The van der Waals surface area contributed by atoms with Crippen LogP contribution in [0.4, 0.5) is 0 Å². The van der Waals surface area contributed by atoms with Crippen LogP contribution < -0.4 is 9.47 Å². The largest absolute Gasteiger partial charge is 0.497 e. The quantitative estimate of drug-likeness (QED) is 0.702. The number of aromatic amines is 1. The number of nitrogens with one attached hydrogen (secondary N) is 1. The van der Waals surface area contributed by atoms with Crippen LogP contribution in [0.5, 0.6) is 11.5 Å². The third-order valence-electron chi connectivity index (χ3n) is 3.49. The Labute approximate surface area is 149 Å². The summed E-state index contributed by atoms with van der Waals surface area (Å²) >= 11 is 1.51. The molecule has 0 spiro atoms. The van der Waals surface area contributed by atoms with E-state index in [1.807, 2.05) is 23.6 Å². The van der Waals surface area contributed by atoms with Crippen LogP contribution in [0.1, 0.15) is 21.2 Å². The van der Waals surface area contributed by atoms with Gasteiger partial charge in [0.15, 0.2) is 5.69 Å². The Balaban J connectivity index is 1.58. The molecule has 3 rings (SSSR count). The molecular formula is C17H18N4O3S. The van der Waals surface area contributed by atoms with E-state index in [-0.39, 0.29) is 12.5 Å². The molecule has 0 bridgehead atoms. The number of aromatic nitrogens is 3. The van der Waals surface area contributed by atoms with E-state index in [0.29, 0.717) is 23.7 Å². The number of H-pyrrole nitrogens is 1. The van der Waals surface area contributed by atoms with Gasteiger partial charge in [-0.3, -0.25) is 9.89 Å². The normalized spacial score (nSPS) is 10.5. The molecule has 2 aromatic heterocycles. The molecule has 1 aromatic carbocycles. The average molecular weight is 358 g/mol. The average Bonchev–Trinajstić information content (AvgIpc) is 3.31. The molecule has 25 heavy (non-hydrogen) atoms. The van der Waals surface area contributed by atoms with Gasteiger partial charge in [0, 0.05) is 24.7 Å². The second-order valence-corrected chi connectivity index (χ2v) is 6.31. The smallest absolute Gasteiger partial charge is 0.274 e. The van der Waals surface area contributed by atoms with Gasteiger partial charge in [-0.2, -0.15) is 5.10 Å². The van der Waals surface area contributed by atoms with E-state index < -0.39 is 0 Å². The number of thiazole rings is 1. The first-order valence-electron chi connectivity index (χ1n) is 7.60. The Bertz CT molecular complexity index is 832. The number of nitrogens with zero attached hydrogens (tertiary/aromatic N) is 3. The van der Waals surface area contributed by atoms with Crippen LogP contribution in [0, 0.1) is 0 Å². The van der Waals surface area contributed by atoms with E-state index >= 15 is 0 Å². The van der Waals surface area contributed by atoms with Gasteiger partial charge in [-0.15, -0.1) is 11.3 Å². The summed E-state index contributed by atoms with van der Waals surface area (Å²) in [7, 11) is 3.33. The molecule has 130 valence electrons. The van der Waals surface area contributed by atoms with Crippen molar-refractivity contribution in [3.05, 3.63) is 58.3 Å². The minimum Gasteiger partial charge on any atom is -0.497 e. The molecule has 0 aliphatic rings. The molecule has 0 fully saturated rings. The van der Waals surface area contributed by atoms with Crippen molar-refractivity contribution < 1.29 is 14.3 Å². The summed E-state index contributed by atoms with van der Waals surface area (Å²) in [5.41, 5.74) is 1.07. The maximum Gasteiger partial charge on any atom is 0.274 e. The minimum atomic E-state index is -0.168. The number of methoxy groups -OCH3 is 1. The van der Waals surface area contributed by atoms with Crippen molar-refractivity contribution >= 4 is 17.2 Å². The molecule has 0 atom stereocenters. The molecule has 0 saturated heterocycles. The molecule has 3 aromatic rings. The van der Waals surface area contributed by atoms with Gasteiger partial charge in [-0.05, 0) is 18.2 Å². The predicted molar refractivity (Wildman–Crippen MR) is 93.8 cm³/mol. The van der Waals surface area contributed by atoms with Gasteiger partial charge in [0.1, 0.15) is 23.1 Å². The highest BCUT2D eigenvalue weighted by Gasteiger charge is 2.16. The summed E-state index contributed by atoms with van der Waals surface area (Å²) in [5.74, 6) is 1.24. The summed E-state index contributed by atoms with van der Waals surface area (Å²) in [4.78, 5) is 18.2. The summed E-state index contributed by atoms with van der Waals surface area (Å²) in [6, 6.07) is 9.03. The van der Waals surface area contributed by atoms with Gasteiger partial charge in [0.05, 0.1) is 19.3 Å². The van der Waals surface area contributed by atoms with Gasteiger partial charge in [-0.1, -0.05) is 6.07 Å². The van der Waals surface area contributed by atoms with E-state index in [0.717, 1.165) is 10.8 Å². The number of amides is 1. The third-order valence-corrected chi connectivity index (χ3v) is 4.25. The first-order valence-corrected chi connectivity index (χ1v) is 8.48. The zero-order valence-electron chi connectivity index (χ0n) is 13.9. The first-order chi connectivity index (χ1) is 12.2. The Morgan fingerprint density at radius 2 is 2.16 bits per heavy atom. The standard InChI is InChI=1S/C17H18N4O3S/c1-21(10-16-18-6-7-25-16)17(22)15-8-12(19-20-15)11-24-14-5-3-4-13(9-14)23-2/h3-9H,10-11H2,1-2H3,(H,19,20). The van der Waals surface area contributed by atoms with Gasteiger partial charge in [0.2, 0.25) is 0 Å². The molecule has 0 aliphatic carbocycles. The van der Waals surface area contributed by atoms with E-state index in [1.165, 1.54) is 11.3 Å². The molecular weight excluding hydrogens is 340 g/mol. The highest BCUT2D eigenvalue weighted by atomic mass is 32.1. The fraction of sp³-hybridized carbons (Fsp3) is 0.235. The van der Waals surface area contributed by atoms with Crippen molar-refractivity contribution in [2.75, 3.05) is 14.2 Å². The third kappa shape index (κ3) is 4.36. The van der Waals surface area contributed by atoms with Crippen LogP contribution in [0.3, 0.4) is 0 Å². The Hall–Kier alpha value is -2.87. The van der Waals surface area contributed by atoms with Gasteiger partial charge < -0.3 is 14.4 Å². The highest BCUT2D eigenvalue weighted by molar-refractivity contribution is 7.09. The van der Waals surface area contributed by atoms with Gasteiger partial charge in [0.25, 0.3) is 5.91 Å². The van der Waals surface area contributed by atoms with Crippen LogP contribution in [0.2, 0.25) is 0 Å². The molecule has 8 heteroatoms. The zero-order chi connectivity index (χ0) is 17.6. The number of rotatable bonds is 7. The van der Waals surface area contributed by atoms with Gasteiger partial charge in [-0.25, -0.2) is 4.98 Å². The van der Waals surface area contributed by atoms with E-state index in [9.17, 15) is 4.79 Å². The number of hydrogen-bond donors (Lipinski definition) is 1. The number of benzene rings is 1. The SMILES string of the molecule is COc1cccc(OCc2cc(C(=O)N(C)Cc3nccs3)n[nH]2)c1. The van der Waals surface area contributed by atoms with Crippen molar-refractivity contribution in [1.82, 2.24) is 20.1 Å². The second-order valence-electron chi connectivity index (χ2n) is 5.33. The number of carbonyl (C=O) groups excluding carboxylic acids is 1. The lowest BCUT2D eigenvalue weighted by Gasteiger charge is -2.13.